The Kier molecular flexibility index (Phi) is 5.17. The van der Waals surface area contributed by atoms with Crippen molar-refractivity contribution in [2.75, 3.05) is 18.0 Å². The lowest BCUT2D eigenvalue weighted by Crippen LogP contribution is -2.50. The Hall–Kier alpha value is -2.22. The number of nitrogens with zero attached hydrogens (tertiary/aromatic N) is 3. The van der Waals surface area contributed by atoms with E-state index in [0.29, 0.717) is 6.54 Å². The Bertz CT molecular complexity index is 776. The molecule has 8 heteroatoms. The summed E-state index contributed by atoms with van der Waals surface area (Å²) in [5.41, 5.74) is 0. The molecule has 1 unspecified atom stereocenters. The van der Waals surface area contributed by atoms with Gasteiger partial charge in [0, 0.05) is 13.1 Å². The Balaban J connectivity index is 1.74. The Morgan fingerprint density at radius 2 is 2.20 bits per heavy atom. The molecule has 1 aliphatic heterocycles. The van der Waals surface area contributed by atoms with E-state index in [1.807, 2.05) is 11.4 Å². The smallest absolute Gasteiger partial charge is 0.326 e. The van der Waals surface area contributed by atoms with Crippen LogP contribution in [0.2, 0.25) is 0 Å². The first-order chi connectivity index (χ1) is 12.0. The van der Waals surface area contributed by atoms with Gasteiger partial charge < -0.3 is 15.3 Å². The van der Waals surface area contributed by atoms with E-state index in [2.05, 4.69) is 20.2 Å². The molecule has 0 radical (unpaired) electrons. The summed E-state index contributed by atoms with van der Waals surface area (Å²) >= 11 is 1.57. The van der Waals surface area contributed by atoms with Crippen molar-refractivity contribution in [2.24, 2.45) is 11.8 Å². The Morgan fingerprint density at radius 1 is 1.40 bits per heavy atom. The molecule has 0 spiro atoms. The van der Waals surface area contributed by atoms with Gasteiger partial charge in [-0.3, -0.25) is 4.79 Å². The highest BCUT2D eigenvalue weighted by Gasteiger charge is 2.31. The number of carbonyl (C=O) groups excluding carboxylic acids is 1. The number of anilines is 1. The summed E-state index contributed by atoms with van der Waals surface area (Å²) in [6, 6.07) is 1.14. The summed E-state index contributed by atoms with van der Waals surface area (Å²) < 4.78 is 0. The average molecular weight is 362 g/mol. The SMILES string of the molecule is CC(C)[C@@H](NC(=O)C1CCCN(c2ncnc3sccc23)C1)C(=O)O. The monoisotopic (exact) mass is 362 g/mol. The quantitative estimate of drug-likeness (QED) is 0.846. The zero-order valence-electron chi connectivity index (χ0n) is 14.3. The number of amides is 1. The lowest BCUT2D eigenvalue weighted by Gasteiger charge is -2.33. The third-order valence-corrected chi connectivity index (χ3v) is 5.38. The van der Waals surface area contributed by atoms with Crippen molar-refractivity contribution in [1.29, 1.82) is 0 Å². The van der Waals surface area contributed by atoms with Gasteiger partial charge in [0.05, 0.1) is 11.3 Å². The second kappa shape index (κ2) is 7.35. The lowest BCUT2D eigenvalue weighted by atomic mass is 9.95. The fourth-order valence-corrected chi connectivity index (χ4v) is 3.92. The minimum atomic E-state index is -0.994. The van der Waals surface area contributed by atoms with Crippen molar-refractivity contribution in [2.45, 2.75) is 32.7 Å². The number of hydrogen-bond acceptors (Lipinski definition) is 6. The Labute approximate surface area is 150 Å². The second-order valence-corrected chi connectivity index (χ2v) is 7.58. The number of rotatable bonds is 5. The number of thiophene rings is 1. The number of fused-ring (bicyclic) bond motifs is 1. The molecule has 3 heterocycles. The second-order valence-electron chi connectivity index (χ2n) is 6.69. The van der Waals surface area contributed by atoms with E-state index >= 15 is 0 Å². The molecule has 0 bridgehead atoms. The zero-order valence-corrected chi connectivity index (χ0v) is 15.1. The predicted molar refractivity (Wildman–Crippen MR) is 96.8 cm³/mol. The number of piperidine rings is 1. The van der Waals surface area contributed by atoms with Gasteiger partial charge >= 0.3 is 5.97 Å². The maximum absolute atomic E-state index is 12.6. The molecule has 0 aromatic carbocycles. The number of aromatic nitrogens is 2. The fraction of sp³-hybridized carbons (Fsp3) is 0.529. The minimum absolute atomic E-state index is 0.159. The maximum Gasteiger partial charge on any atom is 0.326 e. The Morgan fingerprint density at radius 3 is 2.92 bits per heavy atom. The van der Waals surface area contributed by atoms with Crippen LogP contribution in [-0.2, 0) is 9.59 Å². The van der Waals surface area contributed by atoms with Crippen LogP contribution in [0.25, 0.3) is 10.2 Å². The summed E-state index contributed by atoms with van der Waals surface area (Å²) in [5, 5.41) is 15.0. The molecule has 1 saturated heterocycles. The summed E-state index contributed by atoms with van der Waals surface area (Å²) in [6.45, 7) is 4.96. The van der Waals surface area contributed by atoms with E-state index in [-0.39, 0.29) is 17.7 Å². The molecule has 1 amide bonds. The molecule has 3 rings (SSSR count). The van der Waals surface area contributed by atoms with Crippen LogP contribution in [0.4, 0.5) is 5.82 Å². The molecule has 7 nitrogen and oxygen atoms in total. The van der Waals surface area contributed by atoms with Crippen LogP contribution in [0.3, 0.4) is 0 Å². The highest BCUT2D eigenvalue weighted by molar-refractivity contribution is 7.16. The van der Waals surface area contributed by atoms with Crippen LogP contribution in [0.1, 0.15) is 26.7 Å². The van der Waals surface area contributed by atoms with Gasteiger partial charge in [-0.2, -0.15) is 0 Å². The first-order valence-corrected chi connectivity index (χ1v) is 9.31. The van der Waals surface area contributed by atoms with Gasteiger partial charge in [-0.05, 0) is 30.2 Å². The lowest BCUT2D eigenvalue weighted by molar-refractivity contribution is -0.143. The van der Waals surface area contributed by atoms with Crippen molar-refractivity contribution in [3.8, 4) is 0 Å². The molecule has 2 N–H and O–H groups in total. The third-order valence-electron chi connectivity index (χ3n) is 4.56. The molecular formula is C17H22N4O3S. The first-order valence-electron chi connectivity index (χ1n) is 8.43. The summed E-state index contributed by atoms with van der Waals surface area (Å²) in [7, 11) is 0. The number of hydrogen-bond donors (Lipinski definition) is 2. The minimum Gasteiger partial charge on any atom is -0.480 e. The van der Waals surface area contributed by atoms with Crippen molar-refractivity contribution < 1.29 is 14.7 Å². The van der Waals surface area contributed by atoms with E-state index in [1.165, 1.54) is 0 Å². The molecule has 2 atom stereocenters. The van der Waals surface area contributed by atoms with Crippen LogP contribution in [0.5, 0.6) is 0 Å². The normalized spacial score (nSPS) is 19.2. The summed E-state index contributed by atoms with van der Waals surface area (Å²) in [4.78, 5) is 35.6. The van der Waals surface area contributed by atoms with Crippen LogP contribution in [0.15, 0.2) is 17.8 Å². The fourth-order valence-electron chi connectivity index (χ4n) is 3.20. The molecule has 1 fully saturated rings. The summed E-state index contributed by atoms with van der Waals surface area (Å²) in [5.74, 6) is -0.734. The van der Waals surface area contributed by atoms with E-state index in [9.17, 15) is 14.7 Å². The van der Waals surface area contributed by atoms with Crippen molar-refractivity contribution in [1.82, 2.24) is 15.3 Å². The summed E-state index contributed by atoms with van der Waals surface area (Å²) in [6.07, 6.45) is 3.18. The topological polar surface area (TPSA) is 95.4 Å². The van der Waals surface area contributed by atoms with Gasteiger partial charge in [0.25, 0.3) is 0 Å². The van der Waals surface area contributed by atoms with Crippen molar-refractivity contribution >= 4 is 39.2 Å². The van der Waals surface area contributed by atoms with Crippen LogP contribution >= 0.6 is 11.3 Å². The largest absolute Gasteiger partial charge is 0.480 e. The van der Waals surface area contributed by atoms with Gasteiger partial charge in [-0.25, -0.2) is 14.8 Å². The van der Waals surface area contributed by atoms with Crippen LogP contribution < -0.4 is 10.2 Å². The van der Waals surface area contributed by atoms with Crippen LogP contribution in [-0.4, -0.2) is 46.1 Å². The molecule has 0 saturated carbocycles. The molecule has 0 aliphatic carbocycles. The first kappa shape index (κ1) is 17.6. The predicted octanol–water partition coefficient (Wildman–Crippen LogP) is 2.13. The van der Waals surface area contributed by atoms with E-state index in [1.54, 1.807) is 31.5 Å². The molecule has 2 aromatic rings. The number of carbonyl (C=O) groups is 2. The van der Waals surface area contributed by atoms with Gasteiger partial charge in [0.2, 0.25) is 5.91 Å². The average Bonchev–Trinajstić information content (AvgIpc) is 3.07. The van der Waals surface area contributed by atoms with Crippen molar-refractivity contribution in [3.63, 3.8) is 0 Å². The third kappa shape index (κ3) is 3.73. The van der Waals surface area contributed by atoms with E-state index < -0.39 is 12.0 Å². The van der Waals surface area contributed by atoms with Gasteiger partial charge in [-0.15, -0.1) is 11.3 Å². The molecule has 1 aliphatic rings. The molecular weight excluding hydrogens is 340 g/mol. The molecule has 2 aromatic heterocycles. The van der Waals surface area contributed by atoms with Gasteiger partial charge in [-0.1, -0.05) is 13.8 Å². The van der Waals surface area contributed by atoms with Gasteiger partial charge in [0.15, 0.2) is 0 Å². The number of aliphatic carboxylic acids is 1. The van der Waals surface area contributed by atoms with E-state index in [4.69, 9.17) is 0 Å². The molecule has 25 heavy (non-hydrogen) atoms. The number of carboxylic acid groups (broad SMARTS) is 1. The standard InChI is InChI=1S/C17H22N4O3S/c1-10(2)13(17(23)24)20-15(22)11-4-3-6-21(8-11)14-12-5-7-25-16(12)19-9-18-14/h5,7,9-11,13H,3-4,6,8H2,1-2H3,(H,20,22)(H,23,24)/t11?,13-/m1/s1. The van der Waals surface area contributed by atoms with Crippen molar-refractivity contribution in [3.05, 3.63) is 17.8 Å². The van der Waals surface area contributed by atoms with E-state index in [0.717, 1.165) is 35.4 Å². The highest BCUT2D eigenvalue weighted by atomic mass is 32.1. The molecule has 134 valence electrons. The zero-order chi connectivity index (χ0) is 18.0. The number of carboxylic acids is 1. The van der Waals surface area contributed by atoms with Crippen LogP contribution in [0, 0.1) is 11.8 Å². The highest BCUT2D eigenvalue weighted by Crippen LogP contribution is 2.30. The maximum atomic E-state index is 12.6. The number of nitrogens with one attached hydrogen (secondary N) is 1. The van der Waals surface area contributed by atoms with Gasteiger partial charge in [0.1, 0.15) is 23.0 Å².